The highest BCUT2D eigenvalue weighted by molar-refractivity contribution is 6.22. The first-order chi connectivity index (χ1) is 5.22. The fourth-order valence-electron chi connectivity index (χ4n) is 0.397. The molecule has 1 unspecified atom stereocenters. The predicted molar refractivity (Wildman–Crippen MR) is 42.6 cm³/mol. The van der Waals surface area contributed by atoms with E-state index in [0.29, 0.717) is 0 Å². The van der Waals surface area contributed by atoms with Crippen molar-refractivity contribution in [3.8, 4) is 0 Å². The Morgan fingerprint density at radius 3 is 2.91 bits per heavy atom. The molecule has 0 amide bonds. The lowest BCUT2D eigenvalue weighted by Crippen LogP contribution is -2.16. The molecule has 0 aliphatic heterocycles. The van der Waals surface area contributed by atoms with Gasteiger partial charge in [0.05, 0.1) is 12.2 Å². The maximum Gasteiger partial charge on any atom is 0.659 e. The minimum absolute atomic E-state index is 0.0836. The first-order valence-electron chi connectivity index (χ1n) is 3.50. The highest BCUT2D eigenvalue weighted by Crippen LogP contribution is 2.01. The fourth-order valence-corrected chi connectivity index (χ4v) is 0.397. The highest BCUT2D eigenvalue weighted by Gasteiger charge is 2.12. The molecule has 1 radical (unpaired) electrons. The van der Waals surface area contributed by atoms with Crippen molar-refractivity contribution in [2.75, 3.05) is 0 Å². The SMILES string of the molecule is C=CO[B]OC(=O)C(C)CC. The maximum absolute atomic E-state index is 10.9. The van der Waals surface area contributed by atoms with Gasteiger partial charge >= 0.3 is 7.69 Å². The van der Waals surface area contributed by atoms with Crippen molar-refractivity contribution < 1.29 is 14.1 Å². The van der Waals surface area contributed by atoms with Gasteiger partial charge in [0.15, 0.2) is 0 Å². The van der Waals surface area contributed by atoms with Gasteiger partial charge in [-0.25, -0.2) is 0 Å². The molecule has 0 aliphatic rings. The van der Waals surface area contributed by atoms with Crippen LogP contribution < -0.4 is 0 Å². The average molecular weight is 155 g/mol. The van der Waals surface area contributed by atoms with Crippen molar-refractivity contribution in [2.45, 2.75) is 20.3 Å². The topological polar surface area (TPSA) is 35.5 Å². The second-order valence-electron chi connectivity index (χ2n) is 2.15. The molecule has 0 fully saturated rings. The summed E-state index contributed by atoms with van der Waals surface area (Å²) in [6.07, 6.45) is 1.95. The van der Waals surface area contributed by atoms with Crippen molar-refractivity contribution in [2.24, 2.45) is 5.92 Å². The molecule has 4 heteroatoms. The minimum atomic E-state index is -0.283. The van der Waals surface area contributed by atoms with Gasteiger partial charge in [-0.15, -0.1) is 0 Å². The summed E-state index contributed by atoms with van der Waals surface area (Å²) in [6.45, 7) is 6.99. The number of rotatable bonds is 5. The van der Waals surface area contributed by atoms with E-state index in [1.165, 1.54) is 6.26 Å². The molecule has 11 heavy (non-hydrogen) atoms. The summed E-state index contributed by atoms with van der Waals surface area (Å²) in [6, 6.07) is 0. The summed E-state index contributed by atoms with van der Waals surface area (Å²) in [5.74, 6) is -0.367. The lowest BCUT2D eigenvalue weighted by Gasteiger charge is -2.06. The third kappa shape index (κ3) is 4.48. The molecule has 0 heterocycles. The van der Waals surface area contributed by atoms with Gasteiger partial charge in [0, 0.05) is 0 Å². The molecular weight excluding hydrogens is 143 g/mol. The van der Waals surface area contributed by atoms with E-state index in [2.05, 4.69) is 15.9 Å². The van der Waals surface area contributed by atoms with E-state index in [9.17, 15) is 4.79 Å². The molecule has 0 aromatic rings. The summed E-state index contributed by atoms with van der Waals surface area (Å²) in [7, 11) is 0.974. The second-order valence-corrected chi connectivity index (χ2v) is 2.15. The lowest BCUT2D eigenvalue weighted by molar-refractivity contribution is -0.139. The van der Waals surface area contributed by atoms with Crippen LogP contribution >= 0.6 is 0 Å². The molecule has 0 bridgehead atoms. The Morgan fingerprint density at radius 1 is 1.82 bits per heavy atom. The van der Waals surface area contributed by atoms with Crippen LogP contribution in [0.4, 0.5) is 0 Å². The summed E-state index contributed by atoms with van der Waals surface area (Å²) >= 11 is 0. The number of hydrogen-bond donors (Lipinski definition) is 0. The minimum Gasteiger partial charge on any atom is -0.533 e. The summed E-state index contributed by atoms with van der Waals surface area (Å²) in [5, 5.41) is 0. The van der Waals surface area contributed by atoms with E-state index >= 15 is 0 Å². The van der Waals surface area contributed by atoms with E-state index in [-0.39, 0.29) is 11.9 Å². The Balaban J connectivity index is 3.43. The van der Waals surface area contributed by atoms with E-state index in [0.717, 1.165) is 14.1 Å². The van der Waals surface area contributed by atoms with Crippen LogP contribution in [0.1, 0.15) is 20.3 Å². The van der Waals surface area contributed by atoms with Gasteiger partial charge in [-0.05, 0) is 6.42 Å². The van der Waals surface area contributed by atoms with Crippen LogP contribution in [0, 0.1) is 5.92 Å². The zero-order chi connectivity index (χ0) is 8.69. The Kier molecular flexibility index (Phi) is 5.34. The van der Waals surface area contributed by atoms with Gasteiger partial charge in [-0.1, -0.05) is 20.4 Å². The predicted octanol–water partition coefficient (Wildman–Crippen LogP) is 1.27. The van der Waals surface area contributed by atoms with E-state index < -0.39 is 0 Å². The van der Waals surface area contributed by atoms with Crippen LogP contribution in [-0.2, 0) is 14.1 Å². The molecule has 0 N–H and O–H groups in total. The number of carbonyl (C=O) groups excluding carboxylic acids is 1. The van der Waals surface area contributed by atoms with Gasteiger partial charge in [0.1, 0.15) is 0 Å². The lowest BCUT2D eigenvalue weighted by atomic mass is 10.1. The van der Waals surface area contributed by atoms with Crippen LogP contribution in [0.5, 0.6) is 0 Å². The highest BCUT2D eigenvalue weighted by atomic mass is 16.6. The third-order valence-corrected chi connectivity index (χ3v) is 1.33. The fraction of sp³-hybridized carbons (Fsp3) is 0.571. The van der Waals surface area contributed by atoms with Crippen LogP contribution in [0.3, 0.4) is 0 Å². The zero-order valence-electron chi connectivity index (χ0n) is 6.87. The quantitative estimate of drug-likeness (QED) is 0.340. The van der Waals surface area contributed by atoms with Crippen LogP contribution in [0.25, 0.3) is 0 Å². The van der Waals surface area contributed by atoms with Crippen LogP contribution in [-0.4, -0.2) is 13.7 Å². The second kappa shape index (κ2) is 5.83. The van der Waals surface area contributed by atoms with E-state index in [1.807, 2.05) is 6.92 Å². The normalized spacial score (nSPS) is 11.5. The Morgan fingerprint density at radius 2 is 2.45 bits per heavy atom. The summed E-state index contributed by atoms with van der Waals surface area (Å²) < 4.78 is 9.07. The molecule has 0 saturated carbocycles. The number of carbonyl (C=O) groups is 1. The van der Waals surface area contributed by atoms with Gasteiger partial charge in [0.25, 0.3) is 5.97 Å². The molecule has 0 saturated heterocycles. The molecule has 0 aromatic carbocycles. The van der Waals surface area contributed by atoms with E-state index in [4.69, 9.17) is 0 Å². The molecule has 3 nitrogen and oxygen atoms in total. The number of hydrogen-bond acceptors (Lipinski definition) is 3. The monoisotopic (exact) mass is 155 g/mol. The molecular formula is C7H12BO3. The van der Waals surface area contributed by atoms with Crippen LogP contribution in [0.15, 0.2) is 12.8 Å². The molecule has 0 aliphatic carbocycles. The molecule has 1 atom stereocenters. The van der Waals surface area contributed by atoms with Crippen LogP contribution in [0.2, 0.25) is 0 Å². The first kappa shape index (κ1) is 10.1. The van der Waals surface area contributed by atoms with Gasteiger partial charge in [0.2, 0.25) is 0 Å². The Bertz CT molecular complexity index is 136. The average Bonchev–Trinajstić information content (AvgIpc) is 2.03. The van der Waals surface area contributed by atoms with Crippen molar-refractivity contribution in [1.82, 2.24) is 0 Å². The van der Waals surface area contributed by atoms with Crippen molar-refractivity contribution in [1.29, 1.82) is 0 Å². The third-order valence-electron chi connectivity index (χ3n) is 1.33. The van der Waals surface area contributed by atoms with Gasteiger partial charge in [-0.2, -0.15) is 0 Å². The van der Waals surface area contributed by atoms with Gasteiger partial charge < -0.3 is 9.31 Å². The first-order valence-corrected chi connectivity index (χ1v) is 3.50. The molecule has 0 aromatic heterocycles. The maximum atomic E-state index is 10.9. The van der Waals surface area contributed by atoms with E-state index in [1.54, 1.807) is 6.92 Å². The largest absolute Gasteiger partial charge is 0.659 e. The summed E-state index contributed by atoms with van der Waals surface area (Å²) in [4.78, 5) is 10.9. The molecule has 0 spiro atoms. The summed E-state index contributed by atoms with van der Waals surface area (Å²) in [5.41, 5.74) is 0. The Labute approximate surface area is 67.7 Å². The molecule has 0 rings (SSSR count). The van der Waals surface area contributed by atoms with Gasteiger partial charge in [-0.3, -0.25) is 4.79 Å². The van der Waals surface area contributed by atoms with Crippen molar-refractivity contribution >= 4 is 13.7 Å². The van der Waals surface area contributed by atoms with Crippen molar-refractivity contribution in [3.63, 3.8) is 0 Å². The molecule has 61 valence electrons. The smallest absolute Gasteiger partial charge is 0.533 e. The van der Waals surface area contributed by atoms with Crippen molar-refractivity contribution in [3.05, 3.63) is 12.8 Å². The zero-order valence-corrected chi connectivity index (χ0v) is 6.87. The Hall–Kier alpha value is -0.925. The standard InChI is InChI=1S/C7H12BO3/c1-4-6(3)7(9)11-8-10-5-2/h5-6H,2,4H2,1,3H3.